The molecule has 0 spiro atoms. The number of amides is 1. The van der Waals surface area contributed by atoms with Gasteiger partial charge in [0.05, 0.1) is 21.3 Å². The first-order valence-electron chi connectivity index (χ1n) is 7.98. The van der Waals surface area contributed by atoms with E-state index in [0.717, 1.165) is 12.8 Å². The summed E-state index contributed by atoms with van der Waals surface area (Å²) in [6.45, 7) is 0. The molecule has 0 aliphatic heterocycles. The molecular formula is C18H21N3O4. The van der Waals surface area contributed by atoms with Gasteiger partial charge in [-0.15, -0.1) is 0 Å². The second-order valence-electron chi connectivity index (χ2n) is 5.72. The van der Waals surface area contributed by atoms with Crippen LogP contribution in [0.1, 0.15) is 23.2 Å². The number of hydrogen-bond acceptors (Lipinski definition) is 6. The third-order valence-corrected chi connectivity index (χ3v) is 3.87. The standard InChI is InChI=1S/C18H21N3O4/c1-23-14-9-13(10-15(24-2)17(14)25-3)20-16-8-11(6-7-19-16)18(22)21-12-4-5-12/h6-10,12H,4-5H2,1-3H3,(H,19,20)(H,21,22). The number of hydrogen-bond donors (Lipinski definition) is 2. The molecule has 7 nitrogen and oxygen atoms in total. The normalized spacial score (nSPS) is 13.1. The Morgan fingerprint density at radius 2 is 1.76 bits per heavy atom. The van der Waals surface area contributed by atoms with Crippen molar-refractivity contribution in [3.05, 3.63) is 36.0 Å². The second kappa shape index (κ2) is 7.29. The van der Waals surface area contributed by atoms with Crippen LogP contribution in [0.3, 0.4) is 0 Å². The van der Waals surface area contributed by atoms with Crippen molar-refractivity contribution in [3.8, 4) is 17.2 Å². The zero-order valence-corrected chi connectivity index (χ0v) is 14.5. The lowest BCUT2D eigenvalue weighted by atomic mass is 10.2. The van der Waals surface area contributed by atoms with Crippen LogP contribution in [0.5, 0.6) is 17.2 Å². The van der Waals surface area contributed by atoms with Crippen molar-refractivity contribution in [2.75, 3.05) is 26.6 Å². The zero-order chi connectivity index (χ0) is 17.8. The van der Waals surface area contributed by atoms with Gasteiger partial charge in [-0.05, 0) is 25.0 Å². The molecule has 1 fully saturated rings. The Labute approximate surface area is 146 Å². The molecule has 1 amide bonds. The number of aromatic nitrogens is 1. The van der Waals surface area contributed by atoms with E-state index in [4.69, 9.17) is 14.2 Å². The van der Waals surface area contributed by atoms with Crippen molar-refractivity contribution in [2.24, 2.45) is 0 Å². The lowest BCUT2D eigenvalue weighted by Crippen LogP contribution is -2.25. The van der Waals surface area contributed by atoms with Crippen molar-refractivity contribution in [2.45, 2.75) is 18.9 Å². The summed E-state index contributed by atoms with van der Waals surface area (Å²) < 4.78 is 16.0. The van der Waals surface area contributed by atoms with Crippen LogP contribution in [0.25, 0.3) is 0 Å². The fraction of sp³-hybridized carbons (Fsp3) is 0.333. The smallest absolute Gasteiger partial charge is 0.251 e. The summed E-state index contributed by atoms with van der Waals surface area (Å²) in [4.78, 5) is 16.4. The van der Waals surface area contributed by atoms with Gasteiger partial charge in [-0.1, -0.05) is 0 Å². The van der Waals surface area contributed by atoms with Crippen LogP contribution in [0.4, 0.5) is 11.5 Å². The fourth-order valence-corrected chi connectivity index (χ4v) is 2.44. The van der Waals surface area contributed by atoms with Crippen LogP contribution in [0, 0.1) is 0 Å². The molecule has 2 N–H and O–H groups in total. The number of anilines is 2. The molecule has 1 saturated carbocycles. The molecule has 3 rings (SSSR count). The Hall–Kier alpha value is -2.96. The summed E-state index contributed by atoms with van der Waals surface area (Å²) in [7, 11) is 4.67. The molecule has 0 saturated heterocycles. The van der Waals surface area contributed by atoms with Crippen molar-refractivity contribution >= 4 is 17.4 Å². The van der Waals surface area contributed by atoms with Crippen LogP contribution < -0.4 is 24.8 Å². The molecule has 1 aliphatic rings. The van der Waals surface area contributed by atoms with Gasteiger partial charge in [0.25, 0.3) is 5.91 Å². The highest BCUT2D eigenvalue weighted by Gasteiger charge is 2.24. The fourth-order valence-electron chi connectivity index (χ4n) is 2.44. The van der Waals surface area contributed by atoms with Crippen LogP contribution in [-0.2, 0) is 0 Å². The first-order chi connectivity index (χ1) is 12.1. The summed E-state index contributed by atoms with van der Waals surface area (Å²) in [5.41, 5.74) is 1.28. The van der Waals surface area contributed by atoms with E-state index < -0.39 is 0 Å². The maximum absolute atomic E-state index is 12.2. The van der Waals surface area contributed by atoms with Gasteiger partial charge in [0.1, 0.15) is 5.82 Å². The molecular weight excluding hydrogens is 322 g/mol. The monoisotopic (exact) mass is 343 g/mol. The lowest BCUT2D eigenvalue weighted by molar-refractivity contribution is 0.0951. The van der Waals surface area contributed by atoms with Gasteiger partial charge in [0, 0.05) is 35.6 Å². The minimum absolute atomic E-state index is 0.0853. The van der Waals surface area contributed by atoms with Gasteiger partial charge in [-0.2, -0.15) is 0 Å². The number of methoxy groups -OCH3 is 3. The molecule has 1 aromatic carbocycles. The summed E-state index contributed by atoms with van der Waals surface area (Å²) in [6.07, 6.45) is 3.70. The van der Waals surface area contributed by atoms with Crippen LogP contribution in [-0.4, -0.2) is 38.3 Å². The number of pyridine rings is 1. The van der Waals surface area contributed by atoms with Crippen LogP contribution >= 0.6 is 0 Å². The van der Waals surface area contributed by atoms with E-state index in [1.807, 2.05) is 0 Å². The second-order valence-corrected chi connectivity index (χ2v) is 5.72. The molecule has 25 heavy (non-hydrogen) atoms. The maximum Gasteiger partial charge on any atom is 0.251 e. The molecule has 1 aromatic heterocycles. The molecule has 0 unspecified atom stereocenters. The topological polar surface area (TPSA) is 81.7 Å². The van der Waals surface area contributed by atoms with E-state index in [-0.39, 0.29) is 5.91 Å². The number of ether oxygens (including phenoxy) is 3. The highest BCUT2D eigenvalue weighted by Crippen LogP contribution is 2.40. The van der Waals surface area contributed by atoms with E-state index in [0.29, 0.717) is 40.4 Å². The Morgan fingerprint density at radius 3 is 2.32 bits per heavy atom. The largest absolute Gasteiger partial charge is 0.493 e. The Bertz CT molecular complexity index is 750. The van der Waals surface area contributed by atoms with Gasteiger partial charge in [0.15, 0.2) is 11.5 Å². The average molecular weight is 343 g/mol. The highest BCUT2D eigenvalue weighted by molar-refractivity contribution is 5.95. The van der Waals surface area contributed by atoms with Gasteiger partial charge in [-0.3, -0.25) is 4.79 Å². The molecule has 1 heterocycles. The van der Waals surface area contributed by atoms with Crippen molar-refractivity contribution < 1.29 is 19.0 Å². The third kappa shape index (κ3) is 3.93. The number of carbonyl (C=O) groups is 1. The van der Waals surface area contributed by atoms with Gasteiger partial charge in [-0.25, -0.2) is 4.98 Å². The van der Waals surface area contributed by atoms with Gasteiger partial charge in [0.2, 0.25) is 5.75 Å². The number of carbonyl (C=O) groups excluding carboxylic acids is 1. The van der Waals surface area contributed by atoms with E-state index in [2.05, 4.69) is 15.6 Å². The van der Waals surface area contributed by atoms with Crippen molar-refractivity contribution in [3.63, 3.8) is 0 Å². The number of rotatable bonds is 7. The molecule has 1 aliphatic carbocycles. The van der Waals surface area contributed by atoms with E-state index in [9.17, 15) is 4.79 Å². The minimum atomic E-state index is -0.0853. The Kier molecular flexibility index (Phi) is 4.92. The Balaban J connectivity index is 1.83. The SMILES string of the molecule is COc1cc(Nc2cc(C(=O)NC3CC3)ccn2)cc(OC)c1OC. The summed E-state index contributed by atoms with van der Waals surface area (Å²) in [5, 5.41) is 6.12. The average Bonchev–Trinajstić information content (AvgIpc) is 3.45. The molecule has 2 aromatic rings. The highest BCUT2D eigenvalue weighted by atomic mass is 16.5. The predicted octanol–water partition coefficient (Wildman–Crippen LogP) is 2.74. The summed E-state index contributed by atoms with van der Waals surface area (Å²) in [6, 6.07) is 7.27. The number of nitrogens with one attached hydrogen (secondary N) is 2. The molecule has 0 atom stereocenters. The molecule has 7 heteroatoms. The minimum Gasteiger partial charge on any atom is -0.493 e. The van der Waals surface area contributed by atoms with E-state index >= 15 is 0 Å². The van der Waals surface area contributed by atoms with Crippen molar-refractivity contribution in [1.82, 2.24) is 10.3 Å². The number of nitrogens with zero attached hydrogens (tertiary/aromatic N) is 1. The molecule has 132 valence electrons. The number of benzene rings is 1. The Morgan fingerprint density at radius 1 is 1.08 bits per heavy atom. The summed E-state index contributed by atoms with van der Waals surface area (Å²) in [5.74, 6) is 2.05. The van der Waals surface area contributed by atoms with Gasteiger partial charge < -0.3 is 24.8 Å². The van der Waals surface area contributed by atoms with Gasteiger partial charge >= 0.3 is 0 Å². The van der Waals surface area contributed by atoms with Crippen LogP contribution in [0.15, 0.2) is 30.5 Å². The molecule has 0 bridgehead atoms. The quantitative estimate of drug-likeness (QED) is 0.804. The lowest BCUT2D eigenvalue weighted by Gasteiger charge is -2.15. The van der Waals surface area contributed by atoms with E-state index in [1.54, 1.807) is 51.8 Å². The predicted molar refractivity (Wildman–Crippen MR) is 94.1 cm³/mol. The van der Waals surface area contributed by atoms with E-state index in [1.165, 1.54) is 0 Å². The first kappa shape index (κ1) is 16.9. The summed E-state index contributed by atoms with van der Waals surface area (Å²) >= 11 is 0. The van der Waals surface area contributed by atoms with Crippen molar-refractivity contribution in [1.29, 1.82) is 0 Å². The zero-order valence-electron chi connectivity index (χ0n) is 14.5. The first-order valence-corrected chi connectivity index (χ1v) is 7.98. The molecule has 0 radical (unpaired) electrons. The third-order valence-electron chi connectivity index (χ3n) is 3.87. The maximum atomic E-state index is 12.2. The van der Waals surface area contributed by atoms with Crippen LogP contribution in [0.2, 0.25) is 0 Å².